The van der Waals surface area contributed by atoms with Gasteiger partial charge in [0.05, 0.1) is 0 Å². The normalized spacial score (nSPS) is 23.3. The fraction of sp³-hybridized carbons (Fsp3) is 0.588. The number of carbonyl (C=O) groups excluding carboxylic acids is 1. The maximum Gasteiger partial charge on any atom is 0.223 e. The van der Waals surface area contributed by atoms with Crippen LogP contribution in [-0.4, -0.2) is 29.9 Å². The van der Waals surface area contributed by atoms with Crippen molar-refractivity contribution in [3.8, 4) is 0 Å². The Bertz CT molecular complexity index is 438. The third-order valence-corrected chi connectivity index (χ3v) is 4.42. The lowest BCUT2D eigenvalue weighted by molar-refractivity contribution is -0.135. The lowest BCUT2D eigenvalue weighted by atomic mass is 9.91. The van der Waals surface area contributed by atoms with E-state index in [0.717, 1.165) is 19.4 Å². The number of likely N-dealkylation sites (tertiary alicyclic amines) is 1. The number of halogens is 1. The molecule has 0 aliphatic carbocycles. The summed E-state index contributed by atoms with van der Waals surface area (Å²) in [6.45, 7) is 5.81. The second kappa shape index (κ2) is 8.40. The molecule has 1 aliphatic heterocycles. The van der Waals surface area contributed by atoms with Crippen molar-refractivity contribution in [3.05, 3.63) is 35.9 Å². The Morgan fingerprint density at radius 1 is 1.38 bits per heavy atom. The molecule has 0 spiro atoms. The van der Waals surface area contributed by atoms with Gasteiger partial charge in [-0.2, -0.15) is 0 Å². The molecule has 21 heavy (non-hydrogen) atoms. The van der Waals surface area contributed by atoms with Crippen molar-refractivity contribution in [2.45, 2.75) is 45.1 Å². The standard InChI is InChI=1S/C17H26N2O.ClH/c1-13-8-9-19(16(10-13)12-18)17(20)11-14(2)15-6-4-3-5-7-15;/h3-7,13-14,16H,8-12,18H2,1-2H3;1H. The Balaban J connectivity index is 0.00000220. The van der Waals surface area contributed by atoms with Gasteiger partial charge in [0.15, 0.2) is 0 Å². The second-order valence-corrected chi connectivity index (χ2v) is 6.12. The summed E-state index contributed by atoms with van der Waals surface area (Å²) in [5, 5.41) is 0. The van der Waals surface area contributed by atoms with E-state index in [2.05, 4.69) is 26.0 Å². The van der Waals surface area contributed by atoms with E-state index in [1.165, 1.54) is 5.56 Å². The van der Waals surface area contributed by atoms with Gasteiger partial charge in [0.25, 0.3) is 0 Å². The van der Waals surface area contributed by atoms with Gasteiger partial charge in [-0.15, -0.1) is 12.4 Å². The quantitative estimate of drug-likeness (QED) is 0.928. The molecular formula is C17H27ClN2O. The molecule has 3 atom stereocenters. The monoisotopic (exact) mass is 310 g/mol. The zero-order valence-electron chi connectivity index (χ0n) is 13.0. The Morgan fingerprint density at radius 3 is 2.67 bits per heavy atom. The highest BCUT2D eigenvalue weighted by Gasteiger charge is 2.29. The molecule has 1 amide bonds. The van der Waals surface area contributed by atoms with Crippen LogP contribution in [0.3, 0.4) is 0 Å². The molecule has 2 N–H and O–H groups in total. The average molecular weight is 311 g/mol. The van der Waals surface area contributed by atoms with Crippen molar-refractivity contribution in [2.75, 3.05) is 13.1 Å². The van der Waals surface area contributed by atoms with Gasteiger partial charge in [-0.25, -0.2) is 0 Å². The number of hydrogen-bond donors (Lipinski definition) is 1. The van der Waals surface area contributed by atoms with Crippen LogP contribution in [0.5, 0.6) is 0 Å². The zero-order chi connectivity index (χ0) is 14.5. The van der Waals surface area contributed by atoms with Crippen LogP contribution in [0.25, 0.3) is 0 Å². The number of nitrogens with zero attached hydrogens (tertiary/aromatic N) is 1. The van der Waals surface area contributed by atoms with Gasteiger partial charge in [-0.1, -0.05) is 44.2 Å². The lowest BCUT2D eigenvalue weighted by Gasteiger charge is -2.38. The molecule has 3 unspecified atom stereocenters. The van der Waals surface area contributed by atoms with Crippen molar-refractivity contribution in [3.63, 3.8) is 0 Å². The van der Waals surface area contributed by atoms with Crippen LogP contribution in [0.2, 0.25) is 0 Å². The summed E-state index contributed by atoms with van der Waals surface area (Å²) < 4.78 is 0. The third-order valence-electron chi connectivity index (χ3n) is 4.42. The fourth-order valence-electron chi connectivity index (χ4n) is 3.08. The van der Waals surface area contributed by atoms with Gasteiger partial charge < -0.3 is 10.6 Å². The first kappa shape index (κ1) is 18.0. The van der Waals surface area contributed by atoms with E-state index >= 15 is 0 Å². The fourth-order valence-corrected chi connectivity index (χ4v) is 3.08. The predicted molar refractivity (Wildman–Crippen MR) is 89.7 cm³/mol. The van der Waals surface area contributed by atoms with E-state index in [-0.39, 0.29) is 30.3 Å². The number of amides is 1. The molecule has 1 fully saturated rings. The maximum atomic E-state index is 12.5. The number of hydrogen-bond acceptors (Lipinski definition) is 2. The van der Waals surface area contributed by atoms with Crippen molar-refractivity contribution in [2.24, 2.45) is 11.7 Å². The van der Waals surface area contributed by atoms with Gasteiger partial charge in [-0.3, -0.25) is 4.79 Å². The van der Waals surface area contributed by atoms with E-state index in [1.54, 1.807) is 0 Å². The predicted octanol–water partition coefficient (Wildman–Crippen LogP) is 3.19. The van der Waals surface area contributed by atoms with Crippen molar-refractivity contribution >= 4 is 18.3 Å². The van der Waals surface area contributed by atoms with Gasteiger partial charge in [0, 0.05) is 25.6 Å². The van der Waals surface area contributed by atoms with E-state index in [4.69, 9.17) is 5.73 Å². The number of piperidine rings is 1. The van der Waals surface area contributed by atoms with Crippen LogP contribution < -0.4 is 5.73 Å². The molecule has 0 saturated carbocycles. The minimum absolute atomic E-state index is 0. The first-order valence-corrected chi connectivity index (χ1v) is 7.66. The third kappa shape index (κ3) is 4.72. The molecule has 1 heterocycles. The Labute approximate surface area is 134 Å². The maximum absolute atomic E-state index is 12.5. The van der Waals surface area contributed by atoms with Gasteiger partial charge in [0.1, 0.15) is 0 Å². The minimum Gasteiger partial charge on any atom is -0.338 e. The molecular weight excluding hydrogens is 284 g/mol. The molecule has 0 radical (unpaired) electrons. The highest BCUT2D eigenvalue weighted by Crippen LogP contribution is 2.25. The number of nitrogens with two attached hydrogens (primary N) is 1. The molecule has 0 bridgehead atoms. The van der Waals surface area contributed by atoms with E-state index in [1.807, 2.05) is 23.1 Å². The molecule has 1 aromatic carbocycles. The Morgan fingerprint density at radius 2 is 2.05 bits per heavy atom. The van der Waals surface area contributed by atoms with Crippen molar-refractivity contribution in [1.82, 2.24) is 4.90 Å². The molecule has 2 rings (SSSR count). The number of benzene rings is 1. The van der Waals surface area contributed by atoms with Crippen LogP contribution in [-0.2, 0) is 4.79 Å². The van der Waals surface area contributed by atoms with Crippen LogP contribution in [0, 0.1) is 5.92 Å². The molecule has 3 nitrogen and oxygen atoms in total. The van der Waals surface area contributed by atoms with Gasteiger partial charge in [-0.05, 0) is 30.2 Å². The van der Waals surface area contributed by atoms with Crippen LogP contribution in [0.1, 0.15) is 44.6 Å². The smallest absolute Gasteiger partial charge is 0.223 e. The molecule has 1 saturated heterocycles. The summed E-state index contributed by atoms with van der Waals surface area (Å²) in [7, 11) is 0. The summed E-state index contributed by atoms with van der Waals surface area (Å²) in [5.74, 6) is 1.20. The molecule has 4 heteroatoms. The van der Waals surface area contributed by atoms with Crippen molar-refractivity contribution in [1.29, 1.82) is 0 Å². The number of rotatable bonds is 4. The Kier molecular flexibility index (Phi) is 7.20. The van der Waals surface area contributed by atoms with Gasteiger partial charge in [0.2, 0.25) is 5.91 Å². The minimum atomic E-state index is 0. The van der Waals surface area contributed by atoms with Crippen LogP contribution in [0.4, 0.5) is 0 Å². The highest BCUT2D eigenvalue weighted by atomic mass is 35.5. The zero-order valence-corrected chi connectivity index (χ0v) is 13.8. The largest absolute Gasteiger partial charge is 0.338 e. The molecule has 0 aromatic heterocycles. The second-order valence-electron chi connectivity index (χ2n) is 6.12. The summed E-state index contributed by atoms with van der Waals surface area (Å²) in [6, 6.07) is 10.5. The van der Waals surface area contributed by atoms with Gasteiger partial charge >= 0.3 is 0 Å². The number of carbonyl (C=O) groups is 1. The lowest BCUT2D eigenvalue weighted by Crippen LogP contribution is -2.49. The summed E-state index contributed by atoms with van der Waals surface area (Å²) in [6.07, 6.45) is 2.72. The first-order chi connectivity index (χ1) is 9.61. The van der Waals surface area contributed by atoms with E-state index < -0.39 is 0 Å². The highest BCUT2D eigenvalue weighted by molar-refractivity contribution is 5.85. The van der Waals surface area contributed by atoms with E-state index in [0.29, 0.717) is 18.9 Å². The van der Waals surface area contributed by atoms with Crippen LogP contribution in [0.15, 0.2) is 30.3 Å². The average Bonchev–Trinajstić information content (AvgIpc) is 2.47. The Hall–Kier alpha value is -1.06. The van der Waals surface area contributed by atoms with E-state index in [9.17, 15) is 4.79 Å². The molecule has 118 valence electrons. The topological polar surface area (TPSA) is 46.3 Å². The van der Waals surface area contributed by atoms with Crippen molar-refractivity contribution < 1.29 is 4.79 Å². The first-order valence-electron chi connectivity index (χ1n) is 7.66. The molecule has 1 aromatic rings. The SMILES string of the molecule is CC1CCN(C(=O)CC(C)c2ccccc2)C(CN)C1.Cl. The van der Waals surface area contributed by atoms with Crippen LogP contribution >= 0.6 is 12.4 Å². The summed E-state index contributed by atoms with van der Waals surface area (Å²) in [5.41, 5.74) is 7.07. The summed E-state index contributed by atoms with van der Waals surface area (Å²) >= 11 is 0. The molecule has 1 aliphatic rings. The summed E-state index contributed by atoms with van der Waals surface area (Å²) in [4.78, 5) is 14.5.